The van der Waals surface area contributed by atoms with Crippen LogP contribution in [0.4, 0.5) is 4.79 Å². The van der Waals surface area contributed by atoms with Gasteiger partial charge >= 0.3 is 6.09 Å². The molecule has 0 radical (unpaired) electrons. The van der Waals surface area contributed by atoms with Crippen molar-refractivity contribution in [2.45, 2.75) is 83.2 Å². The zero-order valence-electron chi connectivity index (χ0n) is 25.3. The van der Waals surface area contributed by atoms with Crippen LogP contribution in [-0.2, 0) is 33.3 Å². The van der Waals surface area contributed by atoms with Crippen molar-refractivity contribution in [1.82, 2.24) is 5.32 Å². The number of hydrogen-bond donors (Lipinski definition) is 3. The topological polar surface area (TPSA) is 156 Å². The van der Waals surface area contributed by atoms with E-state index in [0.717, 1.165) is 0 Å². The predicted octanol–water partition coefficient (Wildman–Crippen LogP) is 2.38. The quantitative estimate of drug-likeness (QED) is 0.417. The Morgan fingerprint density at radius 1 is 0.976 bits per heavy atom. The summed E-state index contributed by atoms with van der Waals surface area (Å²) in [6.07, 6.45) is 3.81. The largest absolute Gasteiger partial charge is 0.439 e. The van der Waals surface area contributed by atoms with E-state index in [1.807, 2.05) is 26.8 Å². The molecule has 0 saturated carbocycles. The van der Waals surface area contributed by atoms with Gasteiger partial charge in [0.2, 0.25) is 5.91 Å². The van der Waals surface area contributed by atoms with E-state index >= 15 is 0 Å². The maximum absolute atomic E-state index is 13.5. The van der Waals surface area contributed by atoms with Crippen LogP contribution in [0, 0.1) is 11.8 Å². The molecule has 0 aromatic heterocycles. The molecule has 1 aliphatic heterocycles. The summed E-state index contributed by atoms with van der Waals surface area (Å²) in [5.74, 6) is -1.20. The normalized spacial score (nSPS) is 37.6. The van der Waals surface area contributed by atoms with Crippen LogP contribution in [0.2, 0.25) is 0 Å². The summed E-state index contributed by atoms with van der Waals surface area (Å²) < 4.78 is 28.6. The molecule has 1 heterocycles. The minimum absolute atomic E-state index is 0.0504. The number of nitrogens with one attached hydrogen (secondary N) is 1. The van der Waals surface area contributed by atoms with Gasteiger partial charge in [0.1, 0.15) is 6.10 Å². The van der Waals surface area contributed by atoms with E-state index in [0.29, 0.717) is 23.1 Å². The third kappa shape index (κ3) is 9.08. The van der Waals surface area contributed by atoms with E-state index in [2.05, 4.69) is 5.32 Å². The minimum Gasteiger partial charge on any atom is -0.439 e. The Morgan fingerprint density at radius 2 is 1.66 bits per heavy atom. The Morgan fingerprint density at radius 3 is 2.22 bits per heavy atom. The number of rotatable bonds is 5. The first-order valence-corrected chi connectivity index (χ1v) is 13.7. The van der Waals surface area contributed by atoms with E-state index in [9.17, 15) is 19.5 Å². The second kappa shape index (κ2) is 16.0. The molecule has 230 valence electrons. The Balaban J connectivity index is 2.63. The third-order valence-corrected chi connectivity index (χ3v) is 7.69. The molecule has 2 amide bonds. The van der Waals surface area contributed by atoms with Crippen LogP contribution >= 0.6 is 0 Å². The van der Waals surface area contributed by atoms with Crippen molar-refractivity contribution >= 4 is 17.8 Å². The van der Waals surface area contributed by atoms with Crippen molar-refractivity contribution in [3.63, 3.8) is 0 Å². The molecule has 2 rings (SSSR count). The number of nitrogens with two attached hydrogens (primary N) is 1. The van der Waals surface area contributed by atoms with Gasteiger partial charge in [-0.15, -0.1) is 0 Å². The first kappa shape index (κ1) is 34.4. The lowest BCUT2D eigenvalue weighted by atomic mass is 9.81. The van der Waals surface area contributed by atoms with Crippen LogP contribution in [0.25, 0.3) is 0 Å². The van der Waals surface area contributed by atoms with Crippen molar-refractivity contribution < 1.29 is 43.2 Å². The summed E-state index contributed by atoms with van der Waals surface area (Å²) in [5.41, 5.74) is 6.70. The van der Waals surface area contributed by atoms with E-state index in [4.69, 9.17) is 29.4 Å². The smallest absolute Gasteiger partial charge is 0.405 e. The molecule has 4 N–H and O–H groups in total. The highest BCUT2D eigenvalue weighted by molar-refractivity contribution is 6.05. The summed E-state index contributed by atoms with van der Waals surface area (Å²) in [4.78, 5) is 38.3. The summed E-state index contributed by atoms with van der Waals surface area (Å²) >= 11 is 0. The number of fused-ring (bicyclic) bond motifs is 2. The number of aliphatic hydroxyl groups is 1. The highest BCUT2D eigenvalue weighted by Crippen LogP contribution is 2.30. The molecule has 9 atom stereocenters. The summed E-state index contributed by atoms with van der Waals surface area (Å²) in [7, 11) is 6.16. The zero-order chi connectivity index (χ0) is 30.9. The van der Waals surface area contributed by atoms with E-state index in [-0.39, 0.29) is 24.0 Å². The van der Waals surface area contributed by atoms with Crippen molar-refractivity contribution in [2.75, 3.05) is 28.4 Å². The number of aliphatic hydroxyl groups excluding tert-OH is 1. The van der Waals surface area contributed by atoms with Crippen LogP contribution in [-0.4, -0.2) is 94.0 Å². The van der Waals surface area contributed by atoms with Crippen LogP contribution in [0.3, 0.4) is 0 Å². The van der Waals surface area contributed by atoms with Gasteiger partial charge in [-0.25, -0.2) is 4.79 Å². The second-order valence-electron chi connectivity index (χ2n) is 10.7. The van der Waals surface area contributed by atoms with Gasteiger partial charge in [0.05, 0.1) is 30.5 Å². The molecule has 0 aromatic rings. The van der Waals surface area contributed by atoms with Gasteiger partial charge in [0.15, 0.2) is 11.9 Å². The fourth-order valence-corrected chi connectivity index (χ4v) is 5.60. The van der Waals surface area contributed by atoms with E-state index in [1.165, 1.54) is 20.3 Å². The van der Waals surface area contributed by atoms with Crippen LogP contribution < -0.4 is 11.1 Å². The minimum atomic E-state index is -0.958. The number of ether oxygens (including phenoxy) is 5. The van der Waals surface area contributed by atoms with Crippen molar-refractivity contribution in [2.24, 2.45) is 17.6 Å². The number of allylic oxidation sites excluding steroid dienone is 2. The van der Waals surface area contributed by atoms with E-state index < -0.39 is 54.7 Å². The molecule has 0 aromatic carbocycles. The third-order valence-electron chi connectivity index (χ3n) is 7.69. The van der Waals surface area contributed by atoms with Gasteiger partial charge in [-0.2, -0.15) is 0 Å². The molecule has 41 heavy (non-hydrogen) atoms. The predicted molar refractivity (Wildman–Crippen MR) is 153 cm³/mol. The molecule has 0 spiro atoms. The van der Waals surface area contributed by atoms with Crippen molar-refractivity contribution in [3.8, 4) is 0 Å². The lowest BCUT2D eigenvalue weighted by molar-refractivity contribution is -0.126. The molecule has 0 fully saturated rings. The number of methoxy groups -OCH3 is 4. The van der Waals surface area contributed by atoms with Gasteiger partial charge in [0, 0.05) is 51.9 Å². The SMILES string of the molecule is CO[C@H]1[C@@H](OC)C[C@H](C)[C@@H](OC)C2=C[C@@H](O)C[C@@H](NC(=O)/C(C)=C\C=C/[C@H](OC)[C@@H](OC(N)=O)/C(C)=C\[C@@H]1C)C2=O. The van der Waals surface area contributed by atoms with Crippen molar-refractivity contribution in [1.29, 1.82) is 0 Å². The average Bonchev–Trinajstić information content (AvgIpc) is 2.91. The molecule has 2 bridgehead atoms. The molecular weight excluding hydrogens is 532 g/mol. The Bertz CT molecular complexity index is 1050. The standard InChI is InChI=1S/C30H46N2O9/c1-16-10-9-11-23(37-5)28(41-30(31)36)18(3)12-17(2)27(40-8)24(38-6)13-19(4)26(39-7)21-14-20(33)15-22(25(21)34)32-29(16)35/h9-12,14,17,19-20,22-24,26-28,33H,13,15H2,1-8H3,(H2,31,36)(H,32,35)/b11-9-,16-10-,18-12-/t17-,19-,20+,22+,23-,24-,26+,27+,28-/m0/s1. The van der Waals surface area contributed by atoms with Crippen molar-refractivity contribution in [3.05, 3.63) is 47.1 Å². The van der Waals surface area contributed by atoms with Gasteiger partial charge in [0.25, 0.3) is 0 Å². The number of primary amides is 1. The average molecular weight is 579 g/mol. The molecule has 11 nitrogen and oxygen atoms in total. The maximum atomic E-state index is 13.5. The lowest BCUT2D eigenvalue weighted by Crippen LogP contribution is -2.49. The Kier molecular flexibility index (Phi) is 13.4. The Labute approximate surface area is 242 Å². The summed E-state index contributed by atoms with van der Waals surface area (Å²) in [5, 5.41) is 13.3. The molecule has 0 saturated heterocycles. The fraction of sp³-hybridized carbons (Fsp3) is 0.633. The number of Topliss-reactive ketones (excluding diaryl/α,β-unsaturated/α-hetero) is 1. The number of hydrogen-bond acceptors (Lipinski definition) is 9. The van der Waals surface area contributed by atoms with Crippen LogP contribution in [0.5, 0.6) is 0 Å². The maximum Gasteiger partial charge on any atom is 0.405 e. The number of carbonyl (C=O) groups is 3. The molecule has 11 heteroatoms. The summed E-state index contributed by atoms with van der Waals surface area (Å²) in [6.45, 7) is 7.30. The van der Waals surface area contributed by atoms with Gasteiger partial charge in [-0.05, 0) is 37.8 Å². The number of carbonyl (C=O) groups excluding carboxylic acids is 3. The zero-order valence-corrected chi connectivity index (χ0v) is 25.3. The lowest BCUT2D eigenvalue weighted by Gasteiger charge is -2.35. The van der Waals surface area contributed by atoms with E-state index in [1.54, 1.807) is 39.4 Å². The molecule has 2 aliphatic rings. The first-order valence-electron chi connectivity index (χ1n) is 13.7. The monoisotopic (exact) mass is 578 g/mol. The highest BCUT2D eigenvalue weighted by atomic mass is 16.6. The first-order chi connectivity index (χ1) is 19.4. The molecular formula is C30H46N2O9. The second-order valence-corrected chi connectivity index (χ2v) is 10.7. The number of ketones is 1. The van der Waals surface area contributed by atoms with Gasteiger partial charge < -0.3 is 39.8 Å². The Hall–Kier alpha value is -2.83. The summed E-state index contributed by atoms with van der Waals surface area (Å²) in [6, 6.07) is -0.923. The van der Waals surface area contributed by atoms with Gasteiger partial charge in [-0.3, -0.25) is 9.59 Å². The van der Waals surface area contributed by atoms with Crippen LogP contribution in [0.1, 0.15) is 40.5 Å². The van der Waals surface area contributed by atoms with Crippen LogP contribution in [0.15, 0.2) is 47.1 Å². The molecule has 1 aliphatic carbocycles. The molecule has 0 unspecified atom stereocenters. The number of amides is 2. The highest BCUT2D eigenvalue weighted by Gasteiger charge is 2.38. The fourth-order valence-electron chi connectivity index (χ4n) is 5.60. The van der Waals surface area contributed by atoms with Gasteiger partial charge in [-0.1, -0.05) is 38.2 Å².